The zero-order chi connectivity index (χ0) is 17.7. The molecule has 0 saturated carbocycles. The van der Waals surface area contributed by atoms with Crippen LogP contribution in [0.5, 0.6) is 0 Å². The van der Waals surface area contributed by atoms with Crippen LogP contribution in [0.15, 0.2) is 47.7 Å². The fraction of sp³-hybridized carbons (Fsp3) is 0.368. The number of rotatable bonds is 7. The average molecular weight is 329 g/mol. The summed E-state index contributed by atoms with van der Waals surface area (Å²) >= 11 is 0. The van der Waals surface area contributed by atoms with Crippen molar-refractivity contribution in [2.24, 2.45) is 0 Å². The number of unbranched alkanes of at least 4 members (excludes halogenated alkanes) is 1. The molecule has 2 N–H and O–H groups in total. The van der Waals surface area contributed by atoms with Crippen molar-refractivity contribution in [3.8, 4) is 0 Å². The van der Waals surface area contributed by atoms with Gasteiger partial charge in [0.05, 0.1) is 6.04 Å². The van der Waals surface area contributed by atoms with Gasteiger partial charge < -0.3 is 15.1 Å². The number of hydrogen-bond donors (Lipinski definition) is 2. The molecule has 1 heterocycles. The third kappa shape index (κ3) is 3.67. The number of aliphatic hydroxyl groups excluding tert-OH is 1. The number of carboxylic acid groups (broad SMARTS) is 1. The largest absolute Gasteiger partial charge is 0.503 e. The van der Waals surface area contributed by atoms with Gasteiger partial charge in [0, 0.05) is 5.57 Å². The minimum Gasteiger partial charge on any atom is -0.503 e. The van der Waals surface area contributed by atoms with Gasteiger partial charge in [-0.05, 0) is 18.9 Å². The molecule has 1 amide bonds. The second kappa shape index (κ2) is 7.81. The lowest BCUT2D eigenvalue weighted by Crippen LogP contribution is -2.47. The number of hydrogen-bond acceptors (Lipinski definition) is 3. The van der Waals surface area contributed by atoms with Crippen molar-refractivity contribution >= 4 is 18.0 Å². The van der Waals surface area contributed by atoms with Crippen LogP contribution in [-0.4, -0.2) is 39.1 Å². The topological polar surface area (TPSA) is 77.8 Å². The Morgan fingerprint density at radius 2 is 2.00 bits per heavy atom. The van der Waals surface area contributed by atoms with Crippen LogP contribution < -0.4 is 0 Å². The minimum absolute atomic E-state index is 0.347. The van der Waals surface area contributed by atoms with Crippen molar-refractivity contribution in [2.75, 3.05) is 0 Å². The Kier molecular flexibility index (Phi) is 5.79. The Balaban J connectivity index is 2.31. The zero-order valence-corrected chi connectivity index (χ0v) is 14.0. The lowest BCUT2D eigenvalue weighted by molar-refractivity contribution is -0.149. The van der Waals surface area contributed by atoms with Gasteiger partial charge in [0.25, 0.3) is 5.91 Å². The lowest BCUT2D eigenvalue weighted by Gasteiger charge is -2.29. The number of carboxylic acids is 1. The normalized spacial score (nSPS) is 19.3. The molecule has 24 heavy (non-hydrogen) atoms. The van der Waals surface area contributed by atoms with Crippen molar-refractivity contribution in [2.45, 2.75) is 45.2 Å². The molecule has 1 aliphatic heterocycles. The summed E-state index contributed by atoms with van der Waals surface area (Å²) in [7, 11) is 0. The molecule has 0 aromatic heterocycles. The van der Waals surface area contributed by atoms with E-state index in [9.17, 15) is 19.8 Å². The molecule has 128 valence electrons. The van der Waals surface area contributed by atoms with Crippen molar-refractivity contribution in [3.63, 3.8) is 0 Å². The van der Waals surface area contributed by atoms with Crippen molar-refractivity contribution in [1.29, 1.82) is 0 Å². The number of aliphatic hydroxyl groups is 1. The van der Waals surface area contributed by atoms with Crippen molar-refractivity contribution in [1.82, 2.24) is 4.90 Å². The van der Waals surface area contributed by atoms with Gasteiger partial charge in [-0.2, -0.15) is 0 Å². The van der Waals surface area contributed by atoms with Crippen LogP contribution in [0.2, 0.25) is 0 Å². The van der Waals surface area contributed by atoms with Crippen LogP contribution in [0, 0.1) is 0 Å². The van der Waals surface area contributed by atoms with E-state index >= 15 is 0 Å². The molecule has 0 fully saturated rings. The van der Waals surface area contributed by atoms with E-state index in [0.717, 1.165) is 12.0 Å². The number of amides is 1. The number of nitrogens with zero attached hydrogens (tertiary/aromatic N) is 1. The first-order valence-corrected chi connectivity index (χ1v) is 8.15. The smallest absolute Gasteiger partial charge is 0.326 e. The van der Waals surface area contributed by atoms with E-state index < -0.39 is 24.0 Å². The Labute approximate surface area is 141 Å². The Hall–Kier alpha value is -2.56. The molecule has 0 spiro atoms. The third-order valence-corrected chi connectivity index (χ3v) is 4.28. The molecule has 0 saturated heterocycles. The van der Waals surface area contributed by atoms with Crippen LogP contribution in [0.25, 0.3) is 6.08 Å². The van der Waals surface area contributed by atoms with Crippen LogP contribution in [0.4, 0.5) is 0 Å². The predicted octanol–water partition coefficient (Wildman–Crippen LogP) is 3.39. The van der Waals surface area contributed by atoms with E-state index in [2.05, 4.69) is 0 Å². The van der Waals surface area contributed by atoms with E-state index in [1.54, 1.807) is 13.0 Å². The molecule has 1 aliphatic rings. The Bertz CT molecular complexity index is 663. The highest BCUT2D eigenvalue weighted by molar-refractivity contribution is 5.98. The van der Waals surface area contributed by atoms with Gasteiger partial charge in [-0.25, -0.2) is 4.79 Å². The summed E-state index contributed by atoms with van der Waals surface area (Å²) in [5.41, 5.74) is 1.43. The summed E-state index contributed by atoms with van der Waals surface area (Å²) in [5.74, 6) is -2.00. The molecular weight excluding hydrogens is 306 g/mol. The number of carbonyl (C=O) groups excluding carboxylic acids is 1. The molecule has 2 rings (SSSR count). The molecule has 2 unspecified atom stereocenters. The zero-order valence-electron chi connectivity index (χ0n) is 14.0. The summed E-state index contributed by atoms with van der Waals surface area (Å²) in [6.07, 6.45) is 5.53. The van der Waals surface area contributed by atoms with E-state index in [1.165, 1.54) is 4.90 Å². The van der Waals surface area contributed by atoms with Crippen LogP contribution in [-0.2, 0) is 9.59 Å². The SMILES string of the molecule is CCCCC(C(=O)O)N1C(=O)C(O)=C(C)C1C=Cc1ccccc1. The highest BCUT2D eigenvalue weighted by Crippen LogP contribution is 2.29. The molecule has 0 radical (unpaired) electrons. The van der Waals surface area contributed by atoms with Gasteiger partial charge in [0.1, 0.15) is 6.04 Å². The second-order valence-electron chi connectivity index (χ2n) is 5.95. The van der Waals surface area contributed by atoms with E-state index in [1.807, 2.05) is 43.3 Å². The second-order valence-corrected chi connectivity index (χ2v) is 5.95. The number of carbonyl (C=O) groups is 2. The quantitative estimate of drug-likeness (QED) is 0.804. The molecule has 2 atom stereocenters. The maximum absolute atomic E-state index is 12.4. The Morgan fingerprint density at radius 3 is 2.58 bits per heavy atom. The average Bonchev–Trinajstić information content (AvgIpc) is 2.78. The first-order chi connectivity index (χ1) is 11.5. The lowest BCUT2D eigenvalue weighted by atomic mass is 10.0. The van der Waals surface area contributed by atoms with Crippen LogP contribution >= 0.6 is 0 Å². The summed E-state index contributed by atoms with van der Waals surface area (Å²) in [6, 6.07) is 8.06. The summed E-state index contributed by atoms with van der Waals surface area (Å²) in [6.45, 7) is 3.63. The van der Waals surface area contributed by atoms with Gasteiger partial charge in [-0.3, -0.25) is 4.79 Å². The van der Waals surface area contributed by atoms with Gasteiger partial charge in [0.15, 0.2) is 5.76 Å². The maximum Gasteiger partial charge on any atom is 0.326 e. The first kappa shape index (κ1) is 17.8. The van der Waals surface area contributed by atoms with Gasteiger partial charge in [-0.15, -0.1) is 0 Å². The Morgan fingerprint density at radius 1 is 1.33 bits per heavy atom. The monoisotopic (exact) mass is 329 g/mol. The fourth-order valence-electron chi connectivity index (χ4n) is 2.88. The summed E-state index contributed by atoms with van der Waals surface area (Å²) in [5, 5.41) is 19.6. The molecule has 5 nitrogen and oxygen atoms in total. The summed E-state index contributed by atoms with van der Waals surface area (Å²) < 4.78 is 0. The highest BCUT2D eigenvalue weighted by atomic mass is 16.4. The first-order valence-electron chi connectivity index (χ1n) is 8.15. The van der Waals surface area contributed by atoms with Crippen molar-refractivity contribution in [3.05, 3.63) is 53.3 Å². The number of aliphatic carboxylic acids is 1. The highest BCUT2D eigenvalue weighted by Gasteiger charge is 2.42. The minimum atomic E-state index is -1.04. The number of benzene rings is 1. The van der Waals surface area contributed by atoms with Crippen LogP contribution in [0.3, 0.4) is 0 Å². The molecule has 5 heteroatoms. The van der Waals surface area contributed by atoms with Gasteiger partial charge >= 0.3 is 5.97 Å². The molecule has 0 bridgehead atoms. The summed E-state index contributed by atoms with van der Waals surface area (Å²) in [4.78, 5) is 25.3. The molecule has 1 aromatic rings. The molecule has 0 aliphatic carbocycles. The maximum atomic E-state index is 12.4. The van der Waals surface area contributed by atoms with E-state index in [-0.39, 0.29) is 5.76 Å². The van der Waals surface area contributed by atoms with Crippen LogP contribution in [0.1, 0.15) is 38.7 Å². The standard InChI is InChI=1S/C19H23NO4/c1-3-4-10-16(19(23)24)20-15(13(2)17(21)18(20)22)12-11-14-8-6-5-7-9-14/h5-9,11-12,15-16,21H,3-4,10H2,1-2H3,(H,23,24). The molecule has 1 aromatic carbocycles. The van der Waals surface area contributed by atoms with Gasteiger partial charge in [-0.1, -0.05) is 62.2 Å². The van der Waals surface area contributed by atoms with Crippen molar-refractivity contribution < 1.29 is 19.8 Å². The van der Waals surface area contributed by atoms with Gasteiger partial charge in [0.2, 0.25) is 0 Å². The third-order valence-electron chi connectivity index (χ3n) is 4.28. The predicted molar refractivity (Wildman–Crippen MR) is 92.4 cm³/mol. The van der Waals surface area contributed by atoms with E-state index in [4.69, 9.17) is 0 Å². The fourth-order valence-corrected chi connectivity index (χ4v) is 2.88. The molecular formula is C19H23NO4. The van der Waals surface area contributed by atoms with E-state index in [0.29, 0.717) is 18.4 Å².